The van der Waals surface area contributed by atoms with Crippen molar-refractivity contribution in [1.82, 2.24) is 9.13 Å². The molecule has 1 aromatic heterocycles. The lowest BCUT2D eigenvalue weighted by molar-refractivity contribution is -0.135. The molecule has 0 bridgehead atoms. The van der Waals surface area contributed by atoms with E-state index in [0.29, 0.717) is 30.8 Å². The second-order valence-electron chi connectivity index (χ2n) is 6.72. The lowest BCUT2D eigenvalue weighted by Gasteiger charge is -2.15. The molecule has 28 heavy (non-hydrogen) atoms. The molecule has 2 heterocycles. The Morgan fingerprint density at radius 3 is 2.29 bits per heavy atom. The van der Waals surface area contributed by atoms with Gasteiger partial charge < -0.3 is 9.64 Å². The monoisotopic (exact) mass is 379 g/mol. The summed E-state index contributed by atoms with van der Waals surface area (Å²) in [6.45, 7) is 2.96. The van der Waals surface area contributed by atoms with Gasteiger partial charge in [-0.3, -0.25) is 13.9 Å². The highest BCUT2D eigenvalue weighted by molar-refractivity contribution is 5.95. The van der Waals surface area contributed by atoms with Crippen molar-refractivity contribution in [3.63, 3.8) is 0 Å². The Morgan fingerprint density at radius 2 is 1.68 bits per heavy atom. The summed E-state index contributed by atoms with van der Waals surface area (Å²) in [6, 6.07) is 14.2. The molecule has 7 nitrogen and oxygen atoms in total. The van der Waals surface area contributed by atoms with Crippen molar-refractivity contribution in [2.45, 2.75) is 32.9 Å². The summed E-state index contributed by atoms with van der Waals surface area (Å²) in [5.74, 6) is -0.0322. The van der Waals surface area contributed by atoms with Gasteiger partial charge >= 0.3 is 11.7 Å². The maximum absolute atomic E-state index is 12.6. The van der Waals surface area contributed by atoms with Crippen LogP contribution in [0.1, 0.15) is 19.8 Å². The summed E-state index contributed by atoms with van der Waals surface area (Å²) >= 11 is 0. The van der Waals surface area contributed by atoms with E-state index in [9.17, 15) is 14.4 Å². The highest BCUT2D eigenvalue weighted by atomic mass is 16.5. The number of rotatable bonds is 5. The van der Waals surface area contributed by atoms with Gasteiger partial charge in [0.15, 0.2) is 0 Å². The Bertz CT molecular complexity index is 1100. The van der Waals surface area contributed by atoms with Crippen molar-refractivity contribution in [3.05, 3.63) is 59.0 Å². The van der Waals surface area contributed by atoms with E-state index in [-0.39, 0.29) is 18.1 Å². The molecule has 7 heteroatoms. The fourth-order valence-corrected chi connectivity index (χ4v) is 3.64. The van der Waals surface area contributed by atoms with Gasteiger partial charge in [0.25, 0.3) is 0 Å². The molecule has 4 rings (SSSR count). The fraction of sp³-hybridized carbons (Fsp3) is 0.286. The minimum absolute atomic E-state index is 0.108. The zero-order chi connectivity index (χ0) is 19.7. The molecular formula is C21H21N3O4. The van der Waals surface area contributed by atoms with Crippen molar-refractivity contribution in [3.8, 4) is 5.75 Å². The molecule has 0 atom stereocenters. The number of hydrogen-bond donors (Lipinski definition) is 0. The fourth-order valence-electron chi connectivity index (χ4n) is 3.64. The van der Waals surface area contributed by atoms with Crippen LogP contribution in [0.25, 0.3) is 11.0 Å². The lowest BCUT2D eigenvalue weighted by Crippen LogP contribution is -2.28. The minimum atomic E-state index is -0.522. The number of carbonyl (C=O) groups excluding carboxylic acids is 2. The summed E-state index contributed by atoms with van der Waals surface area (Å²) < 4.78 is 8.46. The molecule has 1 aliphatic rings. The highest BCUT2D eigenvalue weighted by Crippen LogP contribution is 2.24. The highest BCUT2D eigenvalue weighted by Gasteiger charge is 2.21. The van der Waals surface area contributed by atoms with Crippen LogP contribution in [0.4, 0.5) is 5.69 Å². The number of hydrogen-bond acceptors (Lipinski definition) is 4. The molecule has 1 fully saturated rings. The number of fused-ring (bicyclic) bond motifs is 1. The second-order valence-corrected chi connectivity index (χ2v) is 6.72. The molecule has 2 aromatic carbocycles. The van der Waals surface area contributed by atoms with Gasteiger partial charge in [0, 0.05) is 25.2 Å². The standard InChI is InChI=1S/C21H21N3O4/c1-2-22-17-6-3-4-7-18(17)24(21(22)27)14-20(26)28-16-11-9-15(10-12-16)23-13-5-8-19(23)25/h3-4,6-7,9-12H,2,5,8,13-14H2,1H3. The molecular weight excluding hydrogens is 358 g/mol. The van der Waals surface area contributed by atoms with Gasteiger partial charge in [-0.15, -0.1) is 0 Å². The minimum Gasteiger partial charge on any atom is -0.425 e. The molecule has 1 aliphatic heterocycles. The van der Waals surface area contributed by atoms with Gasteiger partial charge in [-0.25, -0.2) is 9.59 Å². The zero-order valence-corrected chi connectivity index (χ0v) is 15.6. The van der Waals surface area contributed by atoms with Crippen molar-refractivity contribution >= 4 is 28.6 Å². The maximum Gasteiger partial charge on any atom is 0.331 e. The van der Waals surface area contributed by atoms with Crippen molar-refractivity contribution < 1.29 is 14.3 Å². The molecule has 0 radical (unpaired) electrons. The smallest absolute Gasteiger partial charge is 0.331 e. The van der Waals surface area contributed by atoms with Crippen LogP contribution in [0, 0.1) is 0 Å². The summed E-state index contributed by atoms with van der Waals surface area (Å²) in [4.78, 5) is 38.6. The first kappa shape index (κ1) is 18.0. The topological polar surface area (TPSA) is 73.5 Å². The number of carbonyl (C=O) groups is 2. The zero-order valence-electron chi connectivity index (χ0n) is 15.6. The average Bonchev–Trinajstić information content (AvgIpc) is 3.24. The van der Waals surface area contributed by atoms with E-state index in [1.54, 1.807) is 33.7 Å². The third-order valence-corrected chi connectivity index (χ3v) is 4.98. The molecule has 0 N–H and O–H groups in total. The van der Waals surface area contributed by atoms with E-state index in [4.69, 9.17) is 4.74 Å². The Balaban J connectivity index is 1.51. The first-order valence-electron chi connectivity index (χ1n) is 9.37. The van der Waals surface area contributed by atoms with E-state index >= 15 is 0 Å². The molecule has 0 saturated carbocycles. The van der Waals surface area contributed by atoms with Crippen LogP contribution >= 0.6 is 0 Å². The van der Waals surface area contributed by atoms with Crippen LogP contribution in [0.2, 0.25) is 0 Å². The summed E-state index contributed by atoms with van der Waals surface area (Å²) in [5.41, 5.74) is 2.06. The summed E-state index contributed by atoms with van der Waals surface area (Å²) in [5, 5.41) is 0. The van der Waals surface area contributed by atoms with Crippen molar-refractivity contribution in [2.24, 2.45) is 0 Å². The van der Waals surface area contributed by atoms with E-state index in [1.165, 1.54) is 4.57 Å². The number of aromatic nitrogens is 2. The van der Waals surface area contributed by atoms with Gasteiger partial charge in [-0.2, -0.15) is 0 Å². The van der Waals surface area contributed by atoms with Gasteiger partial charge in [0.1, 0.15) is 12.3 Å². The molecule has 0 spiro atoms. The van der Waals surface area contributed by atoms with Crippen LogP contribution < -0.4 is 15.3 Å². The Hall–Kier alpha value is -3.35. The van der Waals surface area contributed by atoms with Crippen LogP contribution in [0.3, 0.4) is 0 Å². The van der Waals surface area contributed by atoms with Crippen LogP contribution in [-0.2, 0) is 22.7 Å². The number of esters is 1. The largest absolute Gasteiger partial charge is 0.425 e. The number of nitrogens with zero attached hydrogens (tertiary/aromatic N) is 3. The Labute approximate surface area is 161 Å². The van der Waals surface area contributed by atoms with Gasteiger partial charge in [-0.05, 0) is 49.7 Å². The van der Waals surface area contributed by atoms with Gasteiger partial charge in [0.05, 0.1) is 11.0 Å². The Kier molecular flexibility index (Phi) is 4.73. The molecule has 144 valence electrons. The second kappa shape index (κ2) is 7.34. The molecule has 0 unspecified atom stereocenters. The number of amides is 1. The average molecular weight is 379 g/mol. The van der Waals surface area contributed by atoms with Crippen molar-refractivity contribution in [1.29, 1.82) is 0 Å². The Morgan fingerprint density at radius 1 is 1.00 bits per heavy atom. The maximum atomic E-state index is 12.6. The van der Waals surface area contributed by atoms with Crippen molar-refractivity contribution in [2.75, 3.05) is 11.4 Å². The van der Waals surface area contributed by atoms with Gasteiger partial charge in [0.2, 0.25) is 5.91 Å². The summed E-state index contributed by atoms with van der Waals surface area (Å²) in [7, 11) is 0. The third kappa shape index (κ3) is 3.19. The van der Waals surface area contributed by atoms with E-state index in [2.05, 4.69) is 0 Å². The number of imidazole rings is 1. The predicted octanol–water partition coefficient (Wildman–Crippen LogP) is 2.56. The molecule has 1 amide bonds. The van der Waals surface area contributed by atoms with Crippen LogP contribution in [-0.4, -0.2) is 27.6 Å². The number of benzene rings is 2. The first-order valence-corrected chi connectivity index (χ1v) is 9.37. The molecule has 3 aromatic rings. The normalized spacial score (nSPS) is 14.0. The molecule has 0 aliphatic carbocycles. The number of para-hydroxylation sites is 2. The number of aryl methyl sites for hydroxylation is 1. The SMILES string of the molecule is CCn1c(=O)n(CC(=O)Oc2ccc(N3CCCC3=O)cc2)c2ccccc21. The number of ether oxygens (including phenoxy) is 1. The van der Waals surface area contributed by atoms with E-state index in [0.717, 1.165) is 17.6 Å². The quantitative estimate of drug-likeness (QED) is 0.504. The lowest BCUT2D eigenvalue weighted by atomic mass is 10.3. The van der Waals surface area contributed by atoms with Gasteiger partial charge in [-0.1, -0.05) is 12.1 Å². The molecule has 1 saturated heterocycles. The van der Waals surface area contributed by atoms with E-state index in [1.807, 2.05) is 31.2 Å². The number of anilines is 1. The van der Waals surface area contributed by atoms with E-state index < -0.39 is 5.97 Å². The van der Waals surface area contributed by atoms with Crippen LogP contribution in [0.5, 0.6) is 5.75 Å². The third-order valence-electron chi connectivity index (χ3n) is 4.98. The first-order chi connectivity index (χ1) is 13.6. The van der Waals surface area contributed by atoms with Crippen LogP contribution in [0.15, 0.2) is 53.3 Å². The predicted molar refractivity (Wildman–Crippen MR) is 106 cm³/mol. The summed E-state index contributed by atoms with van der Waals surface area (Å²) in [6.07, 6.45) is 1.42.